The lowest BCUT2D eigenvalue weighted by Gasteiger charge is -2.30. The van der Waals surface area contributed by atoms with Crippen LogP contribution in [0, 0.1) is 5.92 Å². The Morgan fingerprint density at radius 3 is 2.70 bits per heavy atom. The van der Waals surface area contributed by atoms with Gasteiger partial charge in [0, 0.05) is 31.1 Å². The summed E-state index contributed by atoms with van der Waals surface area (Å²) in [7, 11) is 0. The molecule has 0 radical (unpaired) electrons. The van der Waals surface area contributed by atoms with Crippen molar-refractivity contribution in [3.05, 3.63) is 35.9 Å². The monoisotopic (exact) mass is 315 g/mol. The van der Waals surface area contributed by atoms with Gasteiger partial charge in [0.05, 0.1) is 6.54 Å². The van der Waals surface area contributed by atoms with Crippen molar-refractivity contribution in [1.29, 1.82) is 0 Å². The predicted octanol–water partition coefficient (Wildman–Crippen LogP) is 2.11. The van der Waals surface area contributed by atoms with E-state index in [1.807, 2.05) is 6.07 Å². The fourth-order valence-corrected chi connectivity index (χ4v) is 4.08. The summed E-state index contributed by atoms with van der Waals surface area (Å²) in [6.07, 6.45) is 4.89. The molecule has 1 aliphatic heterocycles. The Balaban J connectivity index is 1.52. The molecule has 1 aromatic rings. The minimum absolute atomic E-state index is 0.110. The van der Waals surface area contributed by atoms with Crippen LogP contribution < -0.4 is 11.1 Å². The Morgan fingerprint density at radius 1 is 1.22 bits per heavy atom. The minimum Gasteiger partial charge on any atom is -0.352 e. The second-order valence-corrected chi connectivity index (χ2v) is 7.31. The highest BCUT2D eigenvalue weighted by molar-refractivity contribution is 5.78. The Hall–Kier alpha value is -1.39. The molecule has 23 heavy (non-hydrogen) atoms. The molecule has 2 unspecified atom stereocenters. The van der Waals surface area contributed by atoms with Crippen molar-refractivity contribution in [2.24, 2.45) is 11.7 Å². The van der Waals surface area contributed by atoms with Gasteiger partial charge in [0.15, 0.2) is 0 Å². The predicted molar refractivity (Wildman–Crippen MR) is 93.2 cm³/mol. The highest BCUT2D eigenvalue weighted by Gasteiger charge is 2.32. The van der Waals surface area contributed by atoms with Crippen LogP contribution in [0.15, 0.2) is 30.3 Å². The number of amides is 1. The van der Waals surface area contributed by atoms with Crippen LogP contribution in [0.4, 0.5) is 0 Å². The van der Waals surface area contributed by atoms with E-state index in [9.17, 15) is 4.79 Å². The SMILES string of the molecule is CC1CCCCC1NC(=O)CN1C[C@@H](N)[C@H](c2ccccc2)C1. The zero-order valence-corrected chi connectivity index (χ0v) is 14.1. The molecular formula is C19H29N3O. The van der Waals surface area contributed by atoms with Crippen LogP contribution in [0.3, 0.4) is 0 Å². The number of hydrogen-bond donors (Lipinski definition) is 2. The van der Waals surface area contributed by atoms with Crippen molar-refractivity contribution < 1.29 is 4.79 Å². The number of rotatable bonds is 4. The summed E-state index contributed by atoms with van der Waals surface area (Å²) < 4.78 is 0. The first-order chi connectivity index (χ1) is 11.1. The number of likely N-dealkylation sites (tertiary alicyclic amines) is 1. The highest BCUT2D eigenvalue weighted by Crippen LogP contribution is 2.26. The van der Waals surface area contributed by atoms with Crippen LogP contribution in [-0.4, -0.2) is 42.5 Å². The van der Waals surface area contributed by atoms with Crippen molar-refractivity contribution in [2.75, 3.05) is 19.6 Å². The first-order valence-electron chi connectivity index (χ1n) is 8.95. The second-order valence-electron chi connectivity index (χ2n) is 7.31. The summed E-state index contributed by atoms with van der Waals surface area (Å²) in [4.78, 5) is 14.6. The molecule has 2 fully saturated rings. The summed E-state index contributed by atoms with van der Waals surface area (Å²) >= 11 is 0. The van der Waals surface area contributed by atoms with Gasteiger partial charge in [0.25, 0.3) is 0 Å². The third kappa shape index (κ3) is 4.12. The van der Waals surface area contributed by atoms with Crippen molar-refractivity contribution in [2.45, 2.75) is 50.6 Å². The zero-order chi connectivity index (χ0) is 16.2. The maximum Gasteiger partial charge on any atom is 0.234 e. The summed E-state index contributed by atoms with van der Waals surface area (Å²) in [6.45, 7) is 4.40. The van der Waals surface area contributed by atoms with Crippen LogP contribution in [0.2, 0.25) is 0 Å². The van der Waals surface area contributed by atoms with Crippen molar-refractivity contribution in [1.82, 2.24) is 10.2 Å². The number of nitrogens with two attached hydrogens (primary N) is 1. The molecule has 1 saturated heterocycles. The molecule has 0 bridgehead atoms. The van der Waals surface area contributed by atoms with E-state index in [1.165, 1.54) is 24.8 Å². The van der Waals surface area contributed by atoms with E-state index >= 15 is 0 Å². The van der Waals surface area contributed by atoms with Gasteiger partial charge < -0.3 is 11.1 Å². The molecule has 3 N–H and O–H groups in total. The fraction of sp³-hybridized carbons (Fsp3) is 0.632. The van der Waals surface area contributed by atoms with Gasteiger partial charge in [-0.15, -0.1) is 0 Å². The average Bonchev–Trinajstić information content (AvgIpc) is 2.91. The van der Waals surface area contributed by atoms with Gasteiger partial charge in [-0.1, -0.05) is 50.1 Å². The topological polar surface area (TPSA) is 58.4 Å². The van der Waals surface area contributed by atoms with Crippen LogP contribution in [0.5, 0.6) is 0 Å². The van der Waals surface area contributed by atoms with E-state index in [0.29, 0.717) is 24.4 Å². The normalized spacial score (nSPS) is 31.9. The maximum absolute atomic E-state index is 12.4. The van der Waals surface area contributed by atoms with E-state index < -0.39 is 0 Å². The van der Waals surface area contributed by atoms with Crippen LogP contribution in [-0.2, 0) is 4.79 Å². The first-order valence-corrected chi connectivity index (χ1v) is 8.95. The quantitative estimate of drug-likeness (QED) is 0.895. The summed E-state index contributed by atoms with van der Waals surface area (Å²) in [5, 5.41) is 3.24. The molecule has 3 rings (SSSR count). The van der Waals surface area contributed by atoms with Gasteiger partial charge in [-0.05, 0) is 24.3 Å². The van der Waals surface area contributed by atoms with Crippen LogP contribution in [0.1, 0.15) is 44.1 Å². The molecular weight excluding hydrogens is 286 g/mol. The Bertz CT molecular complexity index is 519. The standard InChI is InChI=1S/C19H29N3O/c1-14-7-5-6-10-18(14)21-19(23)13-22-11-16(17(20)12-22)15-8-3-2-4-9-15/h2-4,8-9,14,16-18H,5-7,10-13,20H2,1H3,(H,21,23)/t14?,16-,17+,18?/m0/s1. The minimum atomic E-state index is 0.110. The molecule has 0 spiro atoms. The summed E-state index contributed by atoms with van der Waals surface area (Å²) in [5.74, 6) is 1.09. The molecule has 2 aliphatic rings. The smallest absolute Gasteiger partial charge is 0.234 e. The van der Waals surface area contributed by atoms with E-state index in [1.54, 1.807) is 0 Å². The van der Waals surface area contributed by atoms with Gasteiger partial charge >= 0.3 is 0 Å². The number of hydrogen-bond acceptors (Lipinski definition) is 3. The summed E-state index contributed by atoms with van der Waals surface area (Å²) in [6, 6.07) is 10.9. The highest BCUT2D eigenvalue weighted by atomic mass is 16.2. The van der Waals surface area contributed by atoms with Crippen LogP contribution in [0.25, 0.3) is 0 Å². The largest absolute Gasteiger partial charge is 0.352 e. The Labute approximate surface area is 139 Å². The molecule has 4 heteroatoms. The molecule has 1 amide bonds. The van der Waals surface area contributed by atoms with E-state index in [-0.39, 0.29) is 11.9 Å². The zero-order valence-electron chi connectivity index (χ0n) is 14.1. The number of carbonyl (C=O) groups excluding carboxylic acids is 1. The lowest BCUT2D eigenvalue weighted by atomic mass is 9.86. The van der Waals surface area contributed by atoms with Crippen LogP contribution >= 0.6 is 0 Å². The maximum atomic E-state index is 12.4. The van der Waals surface area contributed by atoms with Crippen molar-refractivity contribution in [3.8, 4) is 0 Å². The molecule has 4 nitrogen and oxygen atoms in total. The third-order valence-corrected chi connectivity index (χ3v) is 5.49. The van der Waals surface area contributed by atoms with E-state index in [4.69, 9.17) is 5.73 Å². The van der Waals surface area contributed by atoms with Gasteiger partial charge in [-0.25, -0.2) is 0 Å². The molecule has 1 aromatic carbocycles. The Kier molecular flexibility index (Phi) is 5.34. The number of carbonyl (C=O) groups is 1. The van der Waals surface area contributed by atoms with Crippen molar-refractivity contribution >= 4 is 5.91 Å². The molecule has 1 saturated carbocycles. The fourth-order valence-electron chi connectivity index (χ4n) is 4.08. The number of nitrogens with zero attached hydrogens (tertiary/aromatic N) is 1. The lowest BCUT2D eigenvalue weighted by molar-refractivity contribution is -0.123. The molecule has 1 aliphatic carbocycles. The Morgan fingerprint density at radius 2 is 1.96 bits per heavy atom. The van der Waals surface area contributed by atoms with Gasteiger partial charge in [-0.3, -0.25) is 9.69 Å². The molecule has 0 aromatic heterocycles. The van der Waals surface area contributed by atoms with Gasteiger partial charge in [-0.2, -0.15) is 0 Å². The van der Waals surface area contributed by atoms with Gasteiger partial charge in [0.1, 0.15) is 0 Å². The number of nitrogens with one attached hydrogen (secondary N) is 1. The van der Waals surface area contributed by atoms with Gasteiger partial charge in [0.2, 0.25) is 5.91 Å². The summed E-state index contributed by atoms with van der Waals surface area (Å²) in [5.41, 5.74) is 7.59. The first kappa shape index (κ1) is 16.5. The second kappa shape index (κ2) is 7.45. The molecule has 1 heterocycles. The average molecular weight is 315 g/mol. The molecule has 4 atom stereocenters. The third-order valence-electron chi connectivity index (χ3n) is 5.49. The lowest BCUT2D eigenvalue weighted by Crippen LogP contribution is -2.45. The van der Waals surface area contributed by atoms with E-state index in [0.717, 1.165) is 19.5 Å². The van der Waals surface area contributed by atoms with E-state index in [2.05, 4.69) is 41.4 Å². The molecule has 126 valence electrons. The van der Waals surface area contributed by atoms with Crippen molar-refractivity contribution in [3.63, 3.8) is 0 Å². The number of benzene rings is 1.